The van der Waals surface area contributed by atoms with Crippen LogP contribution < -0.4 is 0 Å². The standard InChI is InChI=1S/C19H30N2O/c1-19(2,22)10-8-15-4-6-16(7-5-15)12-21-13-17-9-11-20(3)18(17)14-21/h4-7,17-18,22H,8-14H2,1-3H3/t17-,18+/m1/s1. The molecule has 1 aromatic rings. The first-order chi connectivity index (χ1) is 10.4. The number of aryl methyl sites for hydroxylation is 1. The first kappa shape index (κ1) is 16.0. The molecular formula is C19H30N2O. The topological polar surface area (TPSA) is 26.7 Å². The predicted octanol–water partition coefficient (Wildman–Crippen LogP) is 2.53. The Labute approximate surface area is 134 Å². The molecule has 3 rings (SSSR count). The maximum atomic E-state index is 9.81. The molecule has 22 heavy (non-hydrogen) atoms. The minimum Gasteiger partial charge on any atom is -0.390 e. The summed E-state index contributed by atoms with van der Waals surface area (Å²) in [5.41, 5.74) is 2.16. The molecule has 2 heterocycles. The van der Waals surface area contributed by atoms with E-state index in [1.165, 1.54) is 37.2 Å². The van der Waals surface area contributed by atoms with Crippen LogP contribution >= 0.6 is 0 Å². The van der Waals surface area contributed by atoms with Crippen LogP contribution in [0.4, 0.5) is 0 Å². The Morgan fingerprint density at radius 1 is 1.14 bits per heavy atom. The second-order valence-corrected chi connectivity index (χ2v) is 7.92. The van der Waals surface area contributed by atoms with Crippen molar-refractivity contribution < 1.29 is 5.11 Å². The summed E-state index contributed by atoms with van der Waals surface area (Å²) in [6, 6.07) is 9.76. The van der Waals surface area contributed by atoms with E-state index in [0.717, 1.165) is 31.3 Å². The van der Waals surface area contributed by atoms with Gasteiger partial charge in [0.1, 0.15) is 0 Å². The minimum atomic E-state index is -0.571. The first-order valence-electron chi connectivity index (χ1n) is 8.63. The van der Waals surface area contributed by atoms with E-state index in [1.54, 1.807) is 0 Å². The lowest BCUT2D eigenvalue weighted by Gasteiger charge is -2.21. The highest BCUT2D eigenvalue weighted by Crippen LogP contribution is 2.30. The third-order valence-corrected chi connectivity index (χ3v) is 5.36. The smallest absolute Gasteiger partial charge is 0.0594 e. The van der Waals surface area contributed by atoms with Crippen molar-refractivity contribution in [3.63, 3.8) is 0 Å². The Balaban J connectivity index is 1.51. The molecule has 1 N–H and O–H groups in total. The largest absolute Gasteiger partial charge is 0.390 e. The molecule has 3 nitrogen and oxygen atoms in total. The lowest BCUT2D eigenvalue weighted by atomic mass is 9.98. The zero-order valence-corrected chi connectivity index (χ0v) is 14.3. The third-order valence-electron chi connectivity index (χ3n) is 5.36. The highest BCUT2D eigenvalue weighted by molar-refractivity contribution is 5.23. The molecule has 1 aromatic carbocycles. The maximum absolute atomic E-state index is 9.81. The van der Waals surface area contributed by atoms with Gasteiger partial charge in [-0.1, -0.05) is 24.3 Å². The molecule has 0 saturated carbocycles. The van der Waals surface area contributed by atoms with E-state index in [-0.39, 0.29) is 0 Å². The molecule has 2 aliphatic rings. The van der Waals surface area contributed by atoms with Crippen LogP contribution in [-0.4, -0.2) is 53.2 Å². The lowest BCUT2D eigenvalue weighted by Crippen LogP contribution is -2.31. The van der Waals surface area contributed by atoms with Crippen LogP contribution in [0.2, 0.25) is 0 Å². The number of rotatable bonds is 5. The van der Waals surface area contributed by atoms with E-state index in [4.69, 9.17) is 0 Å². The summed E-state index contributed by atoms with van der Waals surface area (Å²) in [7, 11) is 2.27. The van der Waals surface area contributed by atoms with E-state index >= 15 is 0 Å². The summed E-state index contributed by atoms with van der Waals surface area (Å²) < 4.78 is 0. The maximum Gasteiger partial charge on any atom is 0.0594 e. The van der Waals surface area contributed by atoms with E-state index < -0.39 is 5.60 Å². The van der Waals surface area contributed by atoms with Crippen molar-refractivity contribution >= 4 is 0 Å². The molecule has 0 amide bonds. The second kappa shape index (κ2) is 6.31. The molecule has 0 unspecified atom stereocenters. The number of fused-ring (bicyclic) bond motifs is 1. The fourth-order valence-electron chi connectivity index (χ4n) is 3.91. The van der Waals surface area contributed by atoms with Gasteiger partial charge in [0, 0.05) is 25.7 Å². The van der Waals surface area contributed by atoms with Gasteiger partial charge in [0.05, 0.1) is 5.60 Å². The monoisotopic (exact) mass is 302 g/mol. The van der Waals surface area contributed by atoms with Crippen molar-refractivity contribution in [1.29, 1.82) is 0 Å². The number of aliphatic hydroxyl groups is 1. The third kappa shape index (κ3) is 3.89. The van der Waals surface area contributed by atoms with Crippen molar-refractivity contribution in [2.75, 3.05) is 26.7 Å². The lowest BCUT2D eigenvalue weighted by molar-refractivity contribution is 0.0714. The van der Waals surface area contributed by atoms with Crippen molar-refractivity contribution in [2.24, 2.45) is 5.92 Å². The molecule has 0 spiro atoms. The Hall–Kier alpha value is -0.900. The van der Waals surface area contributed by atoms with Crippen LogP contribution in [0, 0.1) is 5.92 Å². The molecule has 2 fully saturated rings. The highest BCUT2D eigenvalue weighted by atomic mass is 16.3. The van der Waals surface area contributed by atoms with Crippen molar-refractivity contribution in [3.8, 4) is 0 Å². The number of likely N-dealkylation sites (N-methyl/N-ethyl adjacent to an activating group) is 1. The summed E-state index contributed by atoms with van der Waals surface area (Å²) in [4.78, 5) is 5.14. The minimum absolute atomic E-state index is 0.571. The van der Waals surface area contributed by atoms with Gasteiger partial charge in [-0.15, -0.1) is 0 Å². The van der Waals surface area contributed by atoms with Crippen LogP contribution in [-0.2, 0) is 13.0 Å². The Morgan fingerprint density at radius 3 is 2.45 bits per heavy atom. The zero-order valence-electron chi connectivity index (χ0n) is 14.3. The molecule has 2 aliphatic heterocycles. The van der Waals surface area contributed by atoms with Gasteiger partial charge >= 0.3 is 0 Å². The molecule has 0 aliphatic carbocycles. The van der Waals surface area contributed by atoms with Crippen LogP contribution in [0.5, 0.6) is 0 Å². The fraction of sp³-hybridized carbons (Fsp3) is 0.684. The van der Waals surface area contributed by atoms with Gasteiger partial charge in [0.2, 0.25) is 0 Å². The second-order valence-electron chi connectivity index (χ2n) is 7.92. The molecule has 0 aromatic heterocycles. The van der Waals surface area contributed by atoms with Gasteiger partial charge in [-0.05, 0) is 63.7 Å². The zero-order chi connectivity index (χ0) is 15.7. The Kier molecular flexibility index (Phi) is 4.58. The molecule has 122 valence electrons. The summed E-state index contributed by atoms with van der Waals surface area (Å²) >= 11 is 0. The SMILES string of the molecule is CN1CC[C@@H]2CN(Cc3ccc(CCC(C)(C)O)cc3)C[C@@H]21. The number of likely N-dealkylation sites (tertiary alicyclic amines) is 2. The predicted molar refractivity (Wildman–Crippen MR) is 90.9 cm³/mol. The summed E-state index contributed by atoms with van der Waals surface area (Å²) in [6.45, 7) is 8.59. The molecule has 3 heteroatoms. The highest BCUT2D eigenvalue weighted by Gasteiger charge is 2.39. The van der Waals surface area contributed by atoms with Gasteiger partial charge in [0.15, 0.2) is 0 Å². The van der Waals surface area contributed by atoms with Gasteiger partial charge < -0.3 is 10.0 Å². The quantitative estimate of drug-likeness (QED) is 0.905. The fourth-order valence-corrected chi connectivity index (χ4v) is 3.91. The van der Waals surface area contributed by atoms with Crippen molar-refractivity contribution in [2.45, 2.75) is 51.3 Å². The molecule has 0 radical (unpaired) electrons. The summed E-state index contributed by atoms with van der Waals surface area (Å²) in [5, 5.41) is 9.81. The first-order valence-corrected chi connectivity index (χ1v) is 8.63. The van der Waals surface area contributed by atoms with Gasteiger partial charge in [0.25, 0.3) is 0 Å². The van der Waals surface area contributed by atoms with Gasteiger partial charge in [-0.2, -0.15) is 0 Å². The summed E-state index contributed by atoms with van der Waals surface area (Å²) in [6.07, 6.45) is 3.13. The van der Waals surface area contributed by atoms with Crippen molar-refractivity contribution in [1.82, 2.24) is 9.80 Å². The van der Waals surface area contributed by atoms with E-state index in [0.29, 0.717) is 0 Å². The number of hydrogen-bond donors (Lipinski definition) is 1. The normalized spacial score (nSPS) is 26.5. The number of hydrogen-bond acceptors (Lipinski definition) is 3. The number of benzene rings is 1. The molecule has 0 bridgehead atoms. The molecular weight excluding hydrogens is 272 g/mol. The van der Waals surface area contributed by atoms with Crippen LogP contribution in [0.1, 0.15) is 37.8 Å². The Morgan fingerprint density at radius 2 is 1.82 bits per heavy atom. The van der Waals surface area contributed by atoms with Crippen LogP contribution in [0.15, 0.2) is 24.3 Å². The van der Waals surface area contributed by atoms with E-state index in [9.17, 15) is 5.11 Å². The molecule has 2 atom stereocenters. The average molecular weight is 302 g/mol. The molecule has 2 saturated heterocycles. The Bertz CT molecular complexity index is 491. The van der Waals surface area contributed by atoms with Crippen LogP contribution in [0.25, 0.3) is 0 Å². The van der Waals surface area contributed by atoms with Crippen LogP contribution in [0.3, 0.4) is 0 Å². The van der Waals surface area contributed by atoms with E-state index in [2.05, 4.69) is 41.1 Å². The summed E-state index contributed by atoms with van der Waals surface area (Å²) in [5.74, 6) is 0.885. The average Bonchev–Trinajstić information content (AvgIpc) is 3.00. The van der Waals surface area contributed by atoms with E-state index in [1.807, 2.05) is 13.8 Å². The van der Waals surface area contributed by atoms with Crippen molar-refractivity contribution in [3.05, 3.63) is 35.4 Å². The van der Waals surface area contributed by atoms with Gasteiger partial charge in [-0.25, -0.2) is 0 Å². The number of nitrogens with zero attached hydrogens (tertiary/aromatic N) is 2. The van der Waals surface area contributed by atoms with Gasteiger partial charge in [-0.3, -0.25) is 4.90 Å².